The van der Waals surface area contributed by atoms with Crippen LogP contribution in [0.1, 0.15) is 54.4 Å². The molecule has 0 aromatic heterocycles. The standard InChI is InChI=1S/C13H26/c1-9(2)7-11-8-12(11)10(3)13(4,5)6/h9-12H,7-8H2,1-6H3. The van der Waals surface area contributed by atoms with E-state index in [1.165, 1.54) is 12.8 Å². The van der Waals surface area contributed by atoms with E-state index in [0.717, 1.165) is 23.7 Å². The van der Waals surface area contributed by atoms with E-state index in [-0.39, 0.29) is 0 Å². The van der Waals surface area contributed by atoms with E-state index in [4.69, 9.17) is 0 Å². The molecule has 3 unspecified atom stereocenters. The zero-order chi connectivity index (χ0) is 10.2. The number of hydrogen-bond acceptors (Lipinski definition) is 0. The Morgan fingerprint density at radius 3 is 2.08 bits per heavy atom. The fourth-order valence-electron chi connectivity index (χ4n) is 2.40. The molecular formula is C13H26. The van der Waals surface area contributed by atoms with Crippen molar-refractivity contribution in [2.75, 3.05) is 0 Å². The third kappa shape index (κ3) is 3.00. The lowest BCUT2D eigenvalue weighted by atomic mass is 9.78. The summed E-state index contributed by atoms with van der Waals surface area (Å²) in [5.41, 5.74) is 0.510. The van der Waals surface area contributed by atoms with Gasteiger partial charge in [0, 0.05) is 0 Å². The SMILES string of the molecule is CC(C)CC1CC1C(C)C(C)(C)C. The number of hydrogen-bond donors (Lipinski definition) is 0. The highest BCUT2D eigenvalue weighted by molar-refractivity contribution is 4.93. The van der Waals surface area contributed by atoms with Gasteiger partial charge in [-0.1, -0.05) is 41.5 Å². The fourth-order valence-corrected chi connectivity index (χ4v) is 2.40. The summed E-state index contributed by atoms with van der Waals surface area (Å²) < 4.78 is 0. The maximum absolute atomic E-state index is 2.44. The van der Waals surface area contributed by atoms with Crippen LogP contribution in [0.25, 0.3) is 0 Å². The van der Waals surface area contributed by atoms with Gasteiger partial charge in [0.25, 0.3) is 0 Å². The van der Waals surface area contributed by atoms with Crippen LogP contribution in [0.15, 0.2) is 0 Å². The Labute approximate surface area is 84.1 Å². The Hall–Kier alpha value is 0. The zero-order valence-corrected chi connectivity index (χ0v) is 10.2. The van der Waals surface area contributed by atoms with Crippen molar-refractivity contribution in [2.45, 2.75) is 54.4 Å². The van der Waals surface area contributed by atoms with Crippen LogP contribution in [0.3, 0.4) is 0 Å². The van der Waals surface area contributed by atoms with Gasteiger partial charge in [0.15, 0.2) is 0 Å². The van der Waals surface area contributed by atoms with Crippen LogP contribution >= 0.6 is 0 Å². The molecule has 3 atom stereocenters. The predicted molar refractivity (Wildman–Crippen MR) is 59.7 cm³/mol. The first-order valence-electron chi connectivity index (χ1n) is 5.82. The Morgan fingerprint density at radius 2 is 1.69 bits per heavy atom. The molecule has 0 aliphatic heterocycles. The predicted octanol–water partition coefficient (Wildman–Crippen LogP) is 4.35. The summed E-state index contributed by atoms with van der Waals surface area (Å²) in [6.45, 7) is 14.3. The molecule has 0 saturated heterocycles. The van der Waals surface area contributed by atoms with Crippen LogP contribution in [0.2, 0.25) is 0 Å². The van der Waals surface area contributed by atoms with E-state index in [1.807, 2.05) is 0 Å². The topological polar surface area (TPSA) is 0 Å². The molecule has 0 amide bonds. The van der Waals surface area contributed by atoms with Crippen molar-refractivity contribution in [3.8, 4) is 0 Å². The molecule has 1 aliphatic rings. The van der Waals surface area contributed by atoms with E-state index in [2.05, 4.69) is 41.5 Å². The van der Waals surface area contributed by atoms with Gasteiger partial charge < -0.3 is 0 Å². The highest BCUT2D eigenvalue weighted by atomic mass is 14.5. The van der Waals surface area contributed by atoms with Crippen molar-refractivity contribution in [2.24, 2.45) is 29.1 Å². The second-order valence-corrected chi connectivity index (χ2v) is 6.44. The second kappa shape index (κ2) is 3.63. The minimum atomic E-state index is 0.510. The highest BCUT2D eigenvalue weighted by Gasteiger charge is 2.44. The molecule has 0 N–H and O–H groups in total. The Kier molecular flexibility index (Phi) is 3.09. The zero-order valence-electron chi connectivity index (χ0n) is 10.2. The van der Waals surface area contributed by atoms with E-state index in [0.29, 0.717) is 5.41 Å². The van der Waals surface area contributed by atoms with Gasteiger partial charge in [-0.2, -0.15) is 0 Å². The molecule has 0 aromatic carbocycles. The molecule has 78 valence electrons. The first-order chi connectivity index (χ1) is 5.82. The van der Waals surface area contributed by atoms with Crippen LogP contribution < -0.4 is 0 Å². The van der Waals surface area contributed by atoms with Gasteiger partial charge in [-0.3, -0.25) is 0 Å². The van der Waals surface area contributed by atoms with E-state index < -0.39 is 0 Å². The van der Waals surface area contributed by atoms with Crippen molar-refractivity contribution < 1.29 is 0 Å². The average molecular weight is 182 g/mol. The molecule has 0 heterocycles. The second-order valence-electron chi connectivity index (χ2n) is 6.44. The molecule has 1 saturated carbocycles. The summed E-state index contributed by atoms with van der Waals surface area (Å²) >= 11 is 0. The molecule has 0 spiro atoms. The van der Waals surface area contributed by atoms with Crippen molar-refractivity contribution in [1.29, 1.82) is 0 Å². The minimum Gasteiger partial charge on any atom is -0.0628 e. The van der Waals surface area contributed by atoms with Crippen molar-refractivity contribution in [1.82, 2.24) is 0 Å². The van der Waals surface area contributed by atoms with Gasteiger partial charge in [-0.25, -0.2) is 0 Å². The molecule has 0 aromatic rings. The molecule has 1 fully saturated rings. The van der Waals surface area contributed by atoms with E-state index >= 15 is 0 Å². The van der Waals surface area contributed by atoms with Gasteiger partial charge in [0.05, 0.1) is 0 Å². The highest BCUT2D eigenvalue weighted by Crippen LogP contribution is 2.52. The molecule has 1 rings (SSSR count). The van der Waals surface area contributed by atoms with Crippen LogP contribution in [-0.4, -0.2) is 0 Å². The summed E-state index contributed by atoms with van der Waals surface area (Å²) in [7, 11) is 0. The van der Waals surface area contributed by atoms with Gasteiger partial charge >= 0.3 is 0 Å². The van der Waals surface area contributed by atoms with Crippen molar-refractivity contribution >= 4 is 0 Å². The number of rotatable bonds is 3. The van der Waals surface area contributed by atoms with Gasteiger partial charge in [0.2, 0.25) is 0 Å². The molecular weight excluding hydrogens is 156 g/mol. The first-order valence-corrected chi connectivity index (χ1v) is 5.82. The Balaban J connectivity index is 2.34. The molecule has 0 bridgehead atoms. The quantitative estimate of drug-likeness (QED) is 0.608. The lowest BCUT2D eigenvalue weighted by molar-refractivity contribution is 0.220. The summed E-state index contributed by atoms with van der Waals surface area (Å²) in [4.78, 5) is 0. The third-order valence-corrected chi connectivity index (χ3v) is 3.76. The lowest BCUT2D eigenvalue weighted by Gasteiger charge is -2.27. The Bertz CT molecular complexity index is 161. The summed E-state index contributed by atoms with van der Waals surface area (Å²) in [6, 6.07) is 0. The molecule has 0 radical (unpaired) electrons. The third-order valence-electron chi connectivity index (χ3n) is 3.76. The largest absolute Gasteiger partial charge is 0.0628 e. The van der Waals surface area contributed by atoms with Gasteiger partial charge in [0.1, 0.15) is 0 Å². The van der Waals surface area contributed by atoms with Crippen LogP contribution in [0.4, 0.5) is 0 Å². The van der Waals surface area contributed by atoms with Crippen molar-refractivity contribution in [3.63, 3.8) is 0 Å². The minimum absolute atomic E-state index is 0.510. The van der Waals surface area contributed by atoms with Crippen LogP contribution in [-0.2, 0) is 0 Å². The van der Waals surface area contributed by atoms with E-state index in [1.54, 1.807) is 0 Å². The fraction of sp³-hybridized carbons (Fsp3) is 1.00. The summed E-state index contributed by atoms with van der Waals surface area (Å²) in [5, 5.41) is 0. The monoisotopic (exact) mass is 182 g/mol. The Morgan fingerprint density at radius 1 is 1.15 bits per heavy atom. The normalized spacial score (nSPS) is 30.7. The first kappa shape index (κ1) is 11.1. The maximum Gasteiger partial charge on any atom is -0.0352 e. The van der Waals surface area contributed by atoms with E-state index in [9.17, 15) is 0 Å². The molecule has 13 heavy (non-hydrogen) atoms. The molecule has 0 heteroatoms. The van der Waals surface area contributed by atoms with Gasteiger partial charge in [-0.15, -0.1) is 0 Å². The van der Waals surface area contributed by atoms with Crippen LogP contribution in [0.5, 0.6) is 0 Å². The van der Waals surface area contributed by atoms with Crippen LogP contribution in [0, 0.1) is 29.1 Å². The van der Waals surface area contributed by atoms with Crippen molar-refractivity contribution in [3.05, 3.63) is 0 Å². The summed E-state index contributed by atoms with van der Waals surface area (Å²) in [6.07, 6.45) is 2.95. The van der Waals surface area contributed by atoms with Gasteiger partial charge in [-0.05, 0) is 41.9 Å². The average Bonchev–Trinajstić information content (AvgIpc) is 2.62. The maximum atomic E-state index is 2.44. The summed E-state index contributed by atoms with van der Waals surface area (Å²) in [5.74, 6) is 3.87. The lowest BCUT2D eigenvalue weighted by Crippen LogP contribution is -2.19. The molecule has 0 nitrogen and oxygen atoms in total. The molecule has 1 aliphatic carbocycles. The smallest absolute Gasteiger partial charge is 0.0352 e.